The van der Waals surface area contributed by atoms with E-state index in [-0.39, 0.29) is 17.3 Å². The highest BCUT2D eigenvalue weighted by Gasteiger charge is 2.35. The summed E-state index contributed by atoms with van der Waals surface area (Å²) < 4.78 is 24.5. The number of hydrogen-bond acceptors (Lipinski definition) is 3. The fourth-order valence-corrected chi connectivity index (χ4v) is 3.78. The van der Waals surface area contributed by atoms with E-state index in [4.69, 9.17) is 9.47 Å². The van der Waals surface area contributed by atoms with Crippen LogP contribution in [0.15, 0.2) is 48.5 Å². The summed E-state index contributed by atoms with van der Waals surface area (Å²) in [5.41, 5.74) is 1.80. The van der Waals surface area contributed by atoms with Crippen molar-refractivity contribution < 1.29 is 18.7 Å². The quantitative estimate of drug-likeness (QED) is 0.663. The Morgan fingerprint density at radius 2 is 1.93 bits per heavy atom. The summed E-state index contributed by atoms with van der Waals surface area (Å²) in [5, 5.41) is 5.89. The molecule has 0 bridgehead atoms. The van der Waals surface area contributed by atoms with Crippen molar-refractivity contribution in [1.82, 2.24) is 10.6 Å². The van der Waals surface area contributed by atoms with E-state index in [2.05, 4.69) is 16.7 Å². The van der Waals surface area contributed by atoms with E-state index in [0.717, 1.165) is 37.0 Å². The van der Waals surface area contributed by atoms with E-state index >= 15 is 0 Å². The Labute approximate surface area is 171 Å². The second-order valence-corrected chi connectivity index (χ2v) is 7.47. The van der Waals surface area contributed by atoms with Crippen molar-refractivity contribution in [3.05, 3.63) is 65.5 Å². The number of rotatable bonds is 8. The fraction of sp³-hybridized carbons (Fsp3) is 0.435. The van der Waals surface area contributed by atoms with Gasteiger partial charge in [0.05, 0.1) is 7.11 Å². The zero-order valence-electron chi connectivity index (χ0n) is 16.9. The first-order valence-electron chi connectivity index (χ1n) is 10.1. The van der Waals surface area contributed by atoms with Crippen LogP contribution < -0.4 is 15.4 Å². The molecule has 3 rings (SSSR count). The third kappa shape index (κ3) is 5.94. The molecule has 1 aliphatic heterocycles. The summed E-state index contributed by atoms with van der Waals surface area (Å²) in [6.45, 7) is 2.27. The Balaban J connectivity index is 1.47. The van der Waals surface area contributed by atoms with Crippen molar-refractivity contribution in [3.8, 4) is 5.75 Å². The van der Waals surface area contributed by atoms with Gasteiger partial charge >= 0.3 is 6.03 Å². The first kappa shape index (κ1) is 21.1. The molecule has 1 heterocycles. The third-order valence-electron chi connectivity index (χ3n) is 5.54. The van der Waals surface area contributed by atoms with Gasteiger partial charge in [-0.1, -0.05) is 24.3 Å². The van der Waals surface area contributed by atoms with Crippen molar-refractivity contribution in [2.45, 2.75) is 31.1 Å². The molecule has 2 N–H and O–H groups in total. The number of methoxy groups -OCH3 is 1. The van der Waals surface area contributed by atoms with E-state index < -0.39 is 0 Å². The lowest BCUT2D eigenvalue weighted by Gasteiger charge is -2.38. The van der Waals surface area contributed by atoms with Crippen molar-refractivity contribution in [3.63, 3.8) is 0 Å². The first-order valence-corrected chi connectivity index (χ1v) is 10.1. The van der Waals surface area contributed by atoms with E-state index in [0.29, 0.717) is 26.3 Å². The Morgan fingerprint density at radius 1 is 1.14 bits per heavy atom. The topological polar surface area (TPSA) is 59.6 Å². The van der Waals surface area contributed by atoms with Crippen LogP contribution in [-0.4, -0.2) is 39.4 Å². The number of carbonyl (C=O) groups is 1. The molecular weight excluding hydrogens is 371 g/mol. The van der Waals surface area contributed by atoms with Crippen LogP contribution in [0.25, 0.3) is 0 Å². The van der Waals surface area contributed by atoms with Crippen LogP contribution in [-0.2, 0) is 16.6 Å². The number of hydrogen-bond donors (Lipinski definition) is 2. The molecule has 6 heteroatoms. The van der Waals surface area contributed by atoms with Gasteiger partial charge in [0.2, 0.25) is 0 Å². The molecule has 1 fully saturated rings. The Kier molecular flexibility index (Phi) is 7.47. The highest BCUT2D eigenvalue weighted by molar-refractivity contribution is 5.73. The number of aryl methyl sites for hydroxylation is 1. The predicted octanol–water partition coefficient (Wildman–Crippen LogP) is 3.81. The van der Waals surface area contributed by atoms with Gasteiger partial charge in [0.15, 0.2) is 0 Å². The molecule has 2 amide bonds. The minimum atomic E-state index is -0.293. The van der Waals surface area contributed by atoms with E-state index in [9.17, 15) is 9.18 Å². The molecule has 0 atom stereocenters. The Hall–Kier alpha value is -2.60. The minimum Gasteiger partial charge on any atom is -0.497 e. The molecule has 0 spiro atoms. The van der Waals surface area contributed by atoms with Crippen LogP contribution >= 0.6 is 0 Å². The predicted molar refractivity (Wildman–Crippen MR) is 111 cm³/mol. The van der Waals surface area contributed by atoms with E-state index in [1.807, 2.05) is 24.3 Å². The molecule has 1 saturated heterocycles. The van der Waals surface area contributed by atoms with Crippen molar-refractivity contribution in [1.29, 1.82) is 0 Å². The summed E-state index contributed by atoms with van der Waals surface area (Å²) in [5.74, 6) is 0.586. The van der Waals surface area contributed by atoms with E-state index in [1.54, 1.807) is 19.2 Å². The molecule has 5 nitrogen and oxygen atoms in total. The lowest BCUT2D eigenvalue weighted by atomic mass is 9.74. The SMILES string of the molecule is COc1cccc(CCCNC(=O)NCC2(c3cccc(F)c3)CCOCC2)c1. The molecule has 2 aromatic rings. The lowest BCUT2D eigenvalue weighted by molar-refractivity contribution is 0.0506. The summed E-state index contributed by atoms with van der Waals surface area (Å²) in [6.07, 6.45) is 3.21. The van der Waals surface area contributed by atoms with Crippen molar-refractivity contribution in [2.75, 3.05) is 33.4 Å². The number of amides is 2. The van der Waals surface area contributed by atoms with Gasteiger partial charge < -0.3 is 20.1 Å². The maximum atomic E-state index is 13.7. The van der Waals surface area contributed by atoms with Gasteiger partial charge in [0.25, 0.3) is 0 Å². The van der Waals surface area contributed by atoms with Crippen LogP contribution in [0.5, 0.6) is 5.75 Å². The van der Waals surface area contributed by atoms with Gasteiger partial charge in [-0.15, -0.1) is 0 Å². The van der Waals surface area contributed by atoms with Gasteiger partial charge in [-0.2, -0.15) is 0 Å². The van der Waals surface area contributed by atoms with Crippen molar-refractivity contribution >= 4 is 6.03 Å². The largest absolute Gasteiger partial charge is 0.497 e. The number of benzene rings is 2. The van der Waals surface area contributed by atoms with Gasteiger partial charge in [-0.3, -0.25) is 0 Å². The monoisotopic (exact) mass is 400 g/mol. The summed E-state index contributed by atoms with van der Waals surface area (Å²) in [7, 11) is 1.65. The first-order chi connectivity index (χ1) is 14.1. The molecule has 0 saturated carbocycles. The fourth-order valence-electron chi connectivity index (χ4n) is 3.78. The van der Waals surface area contributed by atoms with Crippen molar-refractivity contribution in [2.24, 2.45) is 0 Å². The molecule has 156 valence electrons. The minimum absolute atomic E-state index is 0.196. The van der Waals surface area contributed by atoms with Crippen LogP contribution in [0.1, 0.15) is 30.4 Å². The number of halogens is 1. The van der Waals surface area contributed by atoms with Crippen LogP contribution in [0.3, 0.4) is 0 Å². The standard InChI is InChI=1S/C23H29FN2O3/c1-28-21-9-2-5-18(15-21)6-4-12-25-22(27)26-17-23(10-13-29-14-11-23)19-7-3-8-20(24)16-19/h2-3,5,7-9,15-16H,4,6,10-14,17H2,1H3,(H2,25,26,27). The second-order valence-electron chi connectivity index (χ2n) is 7.47. The molecule has 2 aromatic carbocycles. The maximum absolute atomic E-state index is 13.7. The highest BCUT2D eigenvalue weighted by atomic mass is 19.1. The second kappa shape index (κ2) is 10.3. The lowest BCUT2D eigenvalue weighted by Crippen LogP contribution is -2.47. The molecule has 0 aromatic heterocycles. The average Bonchev–Trinajstić information content (AvgIpc) is 2.76. The third-order valence-corrected chi connectivity index (χ3v) is 5.54. The zero-order valence-corrected chi connectivity index (χ0v) is 16.9. The number of ether oxygens (including phenoxy) is 2. The normalized spacial score (nSPS) is 15.5. The molecule has 0 unspecified atom stereocenters. The van der Waals surface area contributed by atoms with Crippen LogP contribution in [0.4, 0.5) is 9.18 Å². The van der Waals surface area contributed by atoms with Crippen LogP contribution in [0, 0.1) is 5.82 Å². The van der Waals surface area contributed by atoms with Crippen LogP contribution in [0.2, 0.25) is 0 Å². The summed E-state index contributed by atoms with van der Waals surface area (Å²) in [4.78, 5) is 12.3. The number of urea groups is 1. The van der Waals surface area contributed by atoms with E-state index in [1.165, 1.54) is 11.6 Å². The van der Waals surface area contributed by atoms with Gasteiger partial charge in [-0.25, -0.2) is 9.18 Å². The summed E-state index contributed by atoms with van der Waals surface area (Å²) in [6, 6.07) is 14.4. The average molecular weight is 400 g/mol. The summed E-state index contributed by atoms with van der Waals surface area (Å²) >= 11 is 0. The molecular formula is C23H29FN2O3. The van der Waals surface area contributed by atoms with Gasteiger partial charge in [-0.05, 0) is 61.1 Å². The van der Waals surface area contributed by atoms with Gasteiger partial charge in [0, 0.05) is 31.7 Å². The molecule has 29 heavy (non-hydrogen) atoms. The Morgan fingerprint density at radius 3 is 2.69 bits per heavy atom. The smallest absolute Gasteiger partial charge is 0.314 e. The maximum Gasteiger partial charge on any atom is 0.314 e. The highest BCUT2D eigenvalue weighted by Crippen LogP contribution is 2.34. The molecule has 0 radical (unpaired) electrons. The zero-order chi connectivity index (χ0) is 20.5. The number of carbonyl (C=O) groups excluding carboxylic acids is 1. The molecule has 1 aliphatic rings. The molecule has 0 aliphatic carbocycles. The van der Waals surface area contributed by atoms with Gasteiger partial charge in [0.1, 0.15) is 11.6 Å². The Bertz CT molecular complexity index is 806. The number of nitrogens with one attached hydrogen (secondary N) is 2.